The molecule has 1 aromatic rings. The summed E-state index contributed by atoms with van der Waals surface area (Å²) >= 11 is 1.60. The van der Waals surface area contributed by atoms with E-state index in [2.05, 4.69) is 5.32 Å². The van der Waals surface area contributed by atoms with Crippen molar-refractivity contribution < 1.29 is 28.5 Å². The predicted octanol–water partition coefficient (Wildman–Crippen LogP) is 1.77. The molecule has 1 heterocycles. The number of rotatable bonds is 9. The van der Waals surface area contributed by atoms with Crippen molar-refractivity contribution in [1.82, 2.24) is 10.2 Å². The molecule has 28 heavy (non-hydrogen) atoms. The number of carbonyl (C=O) groups is 2. The van der Waals surface area contributed by atoms with Gasteiger partial charge in [0, 0.05) is 25.0 Å². The zero-order valence-electron chi connectivity index (χ0n) is 16.9. The second-order valence-corrected chi connectivity index (χ2v) is 7.33. The Morgan fingerprint density at radius 2 is 1.79 bits per heavy atom. The lowest BCUT2D eigenvalue weighted by Gasteiger charge is -2.28. The average molecular weight is 413 g/mol. The number of benzene rings is 1. The molecule has 2 atom stereocenters. The maximum absolute atomic E-state index is 13.4. The van der Waals surface area contributed by atoms with E-state index in [4.69, 9.17) is 18.9 Å². The first-order valence-corrected chi connectivity index (χ1v) is 10.1. The fourth-order valence-electron chi connectivity index (χ4n) is 3.10. The Morgan fingerprint density at radius 1 is 1.14 bits per heavy atom. The number of nitrogens with one attached hydrogen (secondary N) is 1. The van der Waals surface area contributed by atoms with Gasteiger partial charge in [0.1, 0.15) is 6.04 Å². The van der Waals surface area contributed by atoms with Gasteiger partial charge in [0.15, 0.2) is 11.5 Å². The molecular weight excluding hydrogens is 384 g/mol. The van der Waals surface area contributed by atoms with Gasteiger partial charge in [-0.3, -0.25) is 9.59 Å². The maximum atomic E-state index is 13.4. The first kappa shape index (κ1) is 22.2. The fourth-order valence-corrected chi connectivity index (χ4v) is 4.46. The van der Waals surface area contributed by atoms with E-state index in [1.54, 1.807) is 35.9 Å². The molecule has 1 N–H and O–H groups in total. The molecule has 1 aromatic carbocycles. The molecule has 8 nitrogen and oxygen atoms in total. The minimum Gasteiger partial charge on any atom is -0.493 e. The summed E-state index contributed by atoms with van der Waals surface area (Å²) in [7, 11) is 6.08. The molecule has 0 aliphatic carbocycles. The van der Waals surface area contributed by atoms with Crippen molar-refractivity contribution in [3.8, 4) is 17.2 Å². The van der Waals surface area contributed by atoms with Crippen LogP contribution in [0.1, 0.15) is 23.7 Å². The Balaban J connectivity index is 2.34. The van der Waals surface area contributed by atoms with E-state index in [9.17, 15) is 9.59 Å². The summed E-state index contributed by atoms with van der Waals surface area (Å²) in [5, 5.41) is 2.75. The number of hydrogen-bond donors (Lipinski definition) is 1. The van der Waals surface area contributed by atoms with Gasteiger partial charge < -0.3 is 29.2 Å². The van der Waals surface area contributed by atoms with Crippen LogP contribution in [-0.2, 0) is 9.53 Å². The minimum atomic E-state index is -0.543. The number of carbonyl (C=O) groups excluding carboxylic acids is 2. The van der Waals surface area contributed by atoms with E-state index in [0.29, 0.717) is 41.7 Å². The molecule has 0 unspecified atom stereocenters. The van der Waals surface area contributed by atoms with Gasteiger partial charge >= 0.3 is 0 Å². The first-order valence-electron chi connectivity index (χ1n) is 9.03. The summed E-state index contributed by atoms with van der Waals surface area (Å²) in [5.41, 5.74) is 0.380. The quantitative estimate of drug-likeness (QED) is 0.619. The van der Waals surface area contributed by atoms with E-state index < -0.39 is 6.04 Å². The highest BCUT2D eigenvalue weighted by atomic mass is 32.2. The molecule has 1 saturated heterocycles. The Labute approximate surface area is 169 Å². The van der Waals surface area contributed by atoms with Crippen LogP contribution in [-0.4, -0.2) is 75.5 Å². The van der Waals surface area contributed by atoms with Crippen LogP contribution in [0.15, 0.2) is 12.1 Å². The second kappa shape index (κ2) is 10.4. The van der Waals surface area contributed by atoms with Crippen LogP contribution in [0.4, 0.5) is 0 Å². The van der Waals surface area contributed by atoms with Crippen molar-refractivity contribution in [3.63, 3.8) is 0 Å². The third-order valence-electron chi connectivity index (χ3n) is 4.50. The maximum Gasteiger partial charge on any atom is 0.255 e. The van der Waals surface area contributed by atoms with Crippen LogP contribution < -0.4 is 19.5 Å². The van der Waals surface area contributed by atoms with Gasteiger partial charge in [-0.05, 0) is 18.6 Å². The third kappa shape index (κ3) is 4.64. The molecule has 0 aromatic heterocycles. The lowest BCUT2D eigenvalue weighted by atomic mass is 10.1. The molecule has 2 rings (SSSR count). The van der Waals surface area contributed by atoms with E-state index in [-0.39, 0.29) is 17.2 Å². The Hall–Kier alpha value is -2.13. The number of thioether (sulfide) groups is 1. The van der Waals surface area contributed by atoms with E-state index in [0.717, 1.165) is 6.42 Å². The predicted molar refractivity (Wildman–Crippen MR) is 107 cm³/mol. The molecule has 9 heteroatoms. The number of methoxy groups -OCH3 is 4. The summed E-state index contributed by atoms with van der Waals surface area (Å²) < 4.78 is 21.0. The van der Waals surface area contributed by atoms with Gasteiger partial charge in [-0.2, -0.15) is 0 Å². The lowest BCUT2D eigenvalue weighted by molar-refractivity contribution is -0.125. The van der Waals surface area contributed by atoms with Gasteiger partial charge in [0.25, 0.3) is 5.91 Å². The van der Waals surface area contributed by atoms with Crippen LogP contribution in [0.25, 0.3) is 0 Å². The zero-order valence-corrected chi connectivity index (χ0v) is 17.8. The Morgan fingerprint density at radius 3 is 2.29 bits per heavy atom. The van der Waals surface area contributed by atoms with Gasteiger partial charge in [-0.25, -0.2) is 0 Å². The highest BCUT2D eigenvalue weighted by molar-refractivity contribution is 8.00. The van der Waals surface area contributed by atoms with Crippen molar-refractivity contribution in [3.05, 3.63) is 17.7 Å². The van der Waals surface area contributed by atoms with Gasteiger partial charge in [0.05, 0.1) is 33.3 Å². The van der Waals surface area contributed by atoms with Crippen LogP contribution in [0, 0.1) is 0 Å². The Bertz CT molecular complexity index is 674. The molecular formula is C19H28N2O6S. The monoisotopic (exact) mass is 412 g/mol. The number of hydrogen-bond acceptors (Lipinski definition) is 7. The summed E-state index contributed by atoms with van der Waals surface area (Å²) in [6.45, 7) is 2.82. The van der Waals surface area contributed by atoms with E-state index in [1.807, 2.05) is 6.92 Å². The highest BCUT2D eigenvalue weighted by Crippen LogP contribution is 2.40. The Kier molecular flexibility index (Phi) is 8.25. The smallest absolute Gasteiger partial charge is 0.255 e. The third-order valence-corrected chi connectivity index (χ3v) is 5.95. The van der Waals surface area contributed by atoms with Crippen molar-refractivity contribution in [2.24, 2.45) is 0 Å². The molecule has 0 spiro atoms. The van der Waals surface area contributed by atoms with E-state index >= 15 is 0 Å². The molecule has 1 aliphatic heterocycles. The normalized spacial score (nSPS) is 18.7. The standard InChI is InChI=1S/C19H28N2O6S/c1-6-16-21(13(11-28-16)18(22)20-7-8-24-2)19(23)12-9-14(25-3)17(27-5)15(10-12)26-4/h9-10,13,16H,6-8,11H2,1-5H3,(H,20,22)/t13-,16+/m1/s1. The SMILES string of the molecule is CC[C@@H]1SC[C@H](C(=O)NCCOC)N1C(=O)c1cc(OC)c(OC)c(OC)c1. The molecule has 0 bridgehead atoms. The second-order valence-electron chi connectivity index (χ2n) is 6.12. The van der Waals surface area contributed by atoms with Gasteiger partial charge in [-0.15, -0.1) is 11.8 Å². The summed E-state index contributed by atoms with van der Waals surface area (Å²) in [5.74, 6) is 1.33. The molecule has 0 radical (unpaired) electrons. The molecule has 2 amide bonds. The minimum absolute atomic E-state index is 0.0789. The molecule has 156 valence electrons. The topological polar surface area (TPSA) is 86.3 Å². The number of nitrogens with zero attached hydrogens (tertiary/aromatic N) is 1. The molecule has 1 aliphatic rings. The van der Waals surface area contributed by atoms with E-state index in [1.165, 1.54) is 21.3 Å². The average Bonchev–Trinajstić information content (AvgIpc) is 3.16. The summed E-state index contributed by atoms with van der Waals surface area (Å²) in [6, 6.07) is 2.68. The largest absolute Gasteiger partial charge is 0.493 e. The van der Waals surface area contributed by atoms with Crippen molar-refractivity contribution in [2.75, 3.05) is 47.3 Å². The number of amides is 2. The summed E-state index contributed by atoms with van der Waals surface area (Å²) in [6.07, 6.45) is 0.739. The van der Waals surface area contributed by atoms with Gasteiger partial charge in [0.2, 0.25) is 11.7 Å². The lowest BCUT2D eigenvalue weighted by Crippen LogP contribution is -2.50. The first-order chi connectivity index (χ1) is 13.5. The summed E-state index contributed by atoms with van der Waals surface area (Å²) in [4.78, 5) is 27.6. The van der Waals surface area contributed by atoms with Crippen LogP contribution in [0.3, 0.4) is 0 Å². The van der Waals surface area contributed by atoms with Crippen LogP contribution >= 0.6 is 11.8 Å². The van der Waals surface area contributed by atoms with Crippen LogP contribution in [0.5, 0.6) is 17.2 Å². The van der Waals surface area contributed by atoms with Crippen molar-refractivity contribution >= 4 is 23.6 Å². The molecule has 0 saturated carbocycles. The number of ether oxygens (including phenoxy) is 4. The fraction of sp³-hybridized carbons (Fsp3) is 0.579. The van der Waals surface area contributed by atoms with Gasteiger partial charge in [-0.1, -0.05) is 6.92 Å². The molecule has 1 fully saturated rings. The van der Waals surface area contributed by atoms with Crippen molar-refractivity contribution in [2.45, 2.75) is 24.8 Å². The van der Waals surface area contributed by atoms with Crippen molar-refractivity contribution in [1.29, 1.82) is 0 Å². The van der Waals surface area contributed by atoms with Crippen LogP contribution in [0.2, 0.25) is 0 Å². The highest BCUT2D eigenvalue weighted by Gasteiger charge is 2.41. The zero-order chi connectivity index (χ0) is 20.7.